The Bertz CT molecular complexity index is 585. The van der Waals surface area contributed by atoms with Crippen molar-refractivity contribution in [2.75, 3.05) is 18.6 Å². The van der Waals surface area contributed by atoms with Gasteiger partial charge in [-0.3, -0.25) is 15.0 Å². The molecule has 0 heterocycles. The number of ether oxygens (including phenoxy) is 1. The van der Waals surface area contributed by atoms with Crippen molar-refractivity contribution in [3.8, 4) is 0 Å². The lowest BCUT2D eigenvalue weighted by molar-refractivity contribution is -0.174. The summed E-state index contributed by atoms with van der Waals surface area (Å²) in [6.45, 7) is -0.639. The fraction of sp³-hybridized carbons (Fsp3) is 0.250. The quantitative estimate of drug-likeness (QED) is 0.259. The second-order valence-electron chi connectivity index (χ2n) is 4.05. The average Bonchev–Trinajstić information content (AvgIpc) is 2.55. The van der Waals surface area contributed by atoms with Gasteiger partial charge in [0.1, 0.15) is 0 Å². The number of likely N-dealkylation sites (N-methyl/N-ethyl adjacent to an activating group) is 1. The molecule has 0 aliphatic heterocycles. The number of carbonyl (C=O) groups is 3. The van der Waals surface area contributed by atoms with Crippen LogP contribution in [0.4, 0.5) is 23.7 Å². The highest BCUT2D eigenvalue weighted by molar-refractivity contribution is 7.93. The molecule has 24 heavy (non-hydrogen) atoms. The van der Waals surface area contributed by atoms with E-state index < -0.39 is 30.8 Å². The Morgan fingerprint density at radius 1 is 1.21 bits per heavy atom. The van der Waals surface area contributed by atoms with Gasteiger partial charge in [0.25, 0.3) is 5.91 Å². The van der Waals surface area contributed by atoms with Gasteiger partial charge in [-0.15, -0.1) is 4.83 Å². The summed E-state index contributed by atoms with van der Waals surface area (Å²) in [5.41, 5.74) is 1.80. The van der Waals surface area contributed by atoms with E-state index >= 15 is 0 Å². The fourth-order valence-electron chi connectivity index (χ4n) is 1.23. The Balaban J connectivity index is 2.24. The van der Waals surface area contributed by atoms with Crippen LogP contribution in [0.3, 0.4) is 0 Å². The third-order valence-corrected chi connectivity index (χ3v) is 2.81. The number of nitrogens with zero attached hydrogens (tertiary/aromatic N) is 1. The number of hydrogen-bond donors (Lipinski definition) is 2. The van der Waals surface area contributed by atoms with Gasteiger partial charge < -0.3 is 13.8 Å². The van der Waals surface area contributed by atoms with E-state index in [0.717, 1.165) is 0 Å². The van der Waals surface area contributed by atoms with Crippen molar-refractivity contribution in [1.29, 1.82) is 0 Å². The molecule has 1 rings (SSSR count). The minimum Gasteiger partial charge on any atom is -0.423 e. The predicted octanol–water partition coefficient (Wildman–Crippen LogP) is 1.55. The maximum Gasteiger partial charge on any atom is 0.522 e. The molecule has 0 fully saturated rings. The number of halogens is 3. The van der Waals surface area contributed by atoms with Crippen LogP contribution in [0.1, 0.15) is 0 Å². The number of carbonyl (C=O) groups excluding carboxylic acids is 3. The summed E-state index contributed by atoms with van der Waals surface area (Å²) in [4.78, 5) is 36.2. The normalized spacial score (nSPS) is 10.7. The Morgan fingerprint density at radius 3 is 2.42 bits per heavy atom. The van der Waals surface area contributed by atoms with Crippen molar-refractivity contribution in [1.82, 2.24) is 10.3 Å². The molecule has 0 atom stereocenters. The van der Waals surface area contributed by atoms with Crippen LogP contribution in [0.15, 0.2) is 30.3 Å². The number of hydrogen-bond acceptors (Lipinski definition) is 7. The number of anilines is 1. The van der Waals surface area contributed by atoms with Crippen molar-refractivity contribution in [3.05, 3.63) is 30.3 Å². The van der Waals surface area contributed by atoms with E-state index in [2.05, 4.69) is 8.92 Å². The summed E-state index contributed by atoms with van der Waals surface area (Å²) in [6.07, 6.45) is -6.41. The molecule has 8 nitrogen and oxygen atoms in total. The smallest absolute Gasteiger partial charge is 0.423 e. The van der Waals surface area contributed by atoms with Crippen molar-refractivity contribution >= 4 is 35.9 Å². The van der Waals surface area contributed by atoms with Crippen LogP contribution in [0.2, 0.25) is 0 Å². The van der Waals surface area contributed by atoms with E-state index in [1.165, 1.54) is 17.4 Å². The van der Waals surface area contributed by atoms with Crippen LogP contribution < -0.4 is 15.2 Å². The molecule has 2 amide bonds. The highest BCUT2D eigenvalue weighted by Crippen LogP contribution is 2.14. The maximum atomic E-state index is 11.8. The number of rotatable bonds is 6. The molecule has 0 unspecified atom stereocenters. The molecule has 0 radical (unpaired) electrons. The van der Waals surface area contributed by atoms with Crippen LogP contribution >= 0.6 is 12.2 Å². The van der Waals surface area contributed by atoms with Crippen LogP contribution in [0.5, 0.6) is 0 Å². The zero-order valence-corrected chi connectivity index (χ0v) is 12.9. The lowest BCUT2D eigenvalue weighted by atomic mass is 10.3. The first-order valence-electron chi connectivity index (χ1n) is 6.16. The summed E-state index contributed by atoms with van der Waals surface area (Å²) in [5.74, 6) is -2.83. The molecule has 132 valence electrons. The van der Waals surface area contributed by atoms with Gasteiger partial charge in [-0.2, -0.15) is 13.2 Å². The first-order chi connectivity index (χ1) is 11.2. The molecule has 0 aliphatic rings. The maximum absolute atomic E-state index is 11.8. The summed E-state index contributed by atoms with van der Waals surface area (Å²) in [7, 11) is 1.47. The van der Waals surface area contributed by atoms with E-state index in [0.29, 0.717) is 5.69 Å². The van der Waals surface area contributed by atoms with E-state index in [4.69, 9.17) is 0 Å². The highest BCUT2D eigenvalue weighted by atomic mass is 32.2. The molecule has 1 aromatic carbocycles. The summed E-state index contributed by atoms with van der Waals surface area (Å²) in [6, 6.07) is 8.52. The van der Waals surface area contributed by atoms with Gasteiger partial charge in [0.15, 0.2) is 18.8 Å². The molecular weight excluding hydrogens is 355 g/mol. The van der Waals surface area contributed by atoms with Gasteiger partial charge in [-0.1, -0.05) is 18.2 Å². The third kappa shape index (κ3) is 6.75. The van der Waals surface area contributed by atoms with Crippen molar-refractivity contribution in [3.63, 3.8) is 0 Å². The van der Waals surface area contributed by atoms with E-state index in [1.54, 1.807) is 35.2 Å². The largest absolute Gasteiger partial charge is 0.522 e. The number of hydrazine groups is 1. The number of para-hydroxylation sites is 1. The molecule has 12 heteroatoms. The van der Waals surface area contributed by atoms with E-state index in [-0.39, 0.29) is 12.2 Å². The predicted molar refractivity (Wildman–Crippen MR) is 77.2 cm³/mol. The topological polar surface area (TPSA) is 97.0 Å². The zero-order chi connectivity index (χ0) is 18.2. The van der Waals surface area contributed by atoms with Gasteiger partial charge >= 0.3 is 18.2 Å². The lowest BCUT2D eigenvalue weighted by Crippen LogP contribution is -2.42. The molecular formula is C12H12F3N3O5S. The summed E-state index contributed by atoms with van der Waals surface area (Å²) >= 11 is -0.0192. The molecule has 0 aromatic heterocycles. The number of benzene rings is 1. The van der Waals surface area contributed by atoms with Gasteiger partial charge in [-0.05, 0) is 12.1 Å². The summed E-state index contributed by atoms with van der Waals surface area (Å²) in [5, 5.41) is 0. The molecule has 0 bridgehead atoms. The highest BCUT2D eigenvalue weighted by Gasteiger charge is 2.38. The van der Waals surface area contributed by atoms with Crippen molar-refractivity contribution in [2.45, 2.75) is 6.18 Å². The first kappa shape index (κ1) is 19.6. The van der Waals surface area contributed by atoms with Crippen LogP contribution in [0, 0.1) is 0 Å². The SMILES string of the molecule is CN(C(=O)COC(=O)OSNNC(=O)C(F)(F)F)c1ccccc1. The number of nitrogens with one attached hydrogen (secondary N) is 2. The second kappa shape index (κ2) is 8.98. The molecule has 0 spiro atoms. The second-order valence-corrected chi connectivity index (χ2v) is 4.59. The Hall–Kier alpha value is -2.47. The molecule has 0 aliphatic carbocycles. The number of alkyl halides is 3. The lowest BCUT2D eigenvalue weighted by Gasteiger charge is -2.16. The minimum absolute atomic E-state index is 0.0192. The van der Waals surface area contributed by atoms with Gasteiger partial charge in [0.05, 0.1) is 0 Å². The van der Waals surface area contributed by atoms with Crippen LogP contribution in [0.25, 0.3) is 0 Å². The standard InChI is InChI=1S/C12H12F3N3O5S/c1-18(8-5-3-2-4-6-8)9(19)7-22-11(21)23-24-17-16-10(20)12(13,14)15/h2-6,17H,7H2,1H3,(H,16,20). The third-order valence-electron chi connectivity index (χ3n) is 2.40. The Labute approximate surface area is 138 Å². The van der Waals surface area contributed by atoms with Gasteiger partial charge in [-0.25, -0.2) is 4.79 Å². The average molecular weight is 367 g/mol. The molecule has 1 aromatic rings. The Kier molecular flexibility index (Phi) is 7.32. The van der Waals surface area contributed by atoms with Crippen molar-refractivity contribution in [2.24, 2.45) is 0 Å². The van der Waals surface area contributed by atoms with Gasteiger partial charge in [0, 0.05) is 12.7 Å². The number of amides is 2. The van der Waals surface area contributed by atoms with Crippen LogP contribution in [-0.4, -0.2) is 37.8 Å². The monoisotopic (exact) mass is 367 g/mol. The first-order valence-corrected chi connectivity index (χ1v) is 6.90. The fourth-order valence-corrected chi connectivity index (χ4v) is 1.52. The van der Waals surface area contributed by atoms with Crippen molar-refractivity contribution < 1.29 is 36.5 Å². The van der Waals surface area contributed by atoms with E-state index in [9.17, 15) is 27.6 Å². The molecule has 0 saturated heterocycles. The van der Waals surface area contributed by atoms with E-state index in [1.807, 2.05) is 0 Å². The van der Waals surface area contributed by atoms with Crippen LogP contribution in [-0.2, 0) is 18.5 Å². The summed E-state index contributed by atoms with van der Waals surface area (Å²) < 4.78 is 44.2. The van der Waals surface area contributed by atoms with Gasteiger partial charge in [0.2, 0.25) is 0 Å². The minimum atomic E-state index is -5.08. The Morgan fingerprint density at radius 2 is 1.83 bits per heavy atom. The molecule has 2 N–H and O–H groups in total. The molecule has 0 saturated carbocycles. The zero-order valence-electron chi connectivity index (χ0n) is 12.1.